The number of fused-ring (bicyclic) bond motifs is 4. The Bertz CT molecular complexity index is 367. The van der Waals surface area contributed by atoms with Crippen molar-refractivity contribution in [1.82, 2.24) is 15.1 Å². The highest BCUT2D eigenvalue weighted by atomic mass is 15.3. The monoisotopic (exact) mass is 205 g/mol. The molecule has 2 aliphatic rings. The van der Waals surface area contributed by atoms with Gasteiger partial charge in [0.2, 0.25) is 0 Å². The van der Waals surface area contributed by atoms with Gasteiger partial charge < -0.3 is 5.32 Å². The van der Waals surface area contributed by atoms with Crippen molar-refractivity contribution < 1.29 is 0 Å². The molecule has 0 unspecified atom stereocenters. The molecule has 1 aromatic rings. The first-order valence-electron chi connectivity index (χ1n) is 6.04. The van der Waals surface area contributed by atoms with Gasteiger partial charge in [0.1, 0.15) is 0 Å². The lowest BCUT2D eigenvalue weighted by atomic mass is 10.0. The summed E-state index contributed by atoms with van der Waals surface area (Å²) < 4.78 is 2.14. The third kappa shape index (κ3) is 1.59. The molecule has 3 rings (SSSR count). The summed E-state index contributed by atoms with van der Waals surface area (Å²) in [5, 5.41) is 8.37. The fraction of sp³-hybridized carbons (Fsp3) is 0.750. The third-order valence-electron chi connectivity index (χ3n) is 3.48. The smallest absolute Gasteiger partial charge is 0.0687 e. The Morgan fingerprint density at radius 1 is 1.53 bits per heavy atom. The van der Waals surface area contributed by atoms with Gasteiger partial charge in [0.05, 0.1) is 5.69 Å². The van der Waals surface area contributed by atoms with Gasteiger partial charge in [0.25, 0.3) is 0 Å². The van der Waals surface area contributed by atoms with Crippen molar-refractivity contribution in [2.24, 2.45) is 5.92 Å². The Hall–Kier alpha value is -0.830. The topological polar surface area (TPSA) is 29.9 Å². The minimum atomic E-state index is 0.597. The molecule has 3 heterocycles. The lowest BCUT2D eigenvalue weighted by Crippen LogP contribution is -2.31. The van der Waals surface area contributed by atoms with Crippen LogP contribution in [0.1, 0.15) is 44.0 Å². The minimum Gasteiger partial charge on any atom is -0.307 e. The minimum absolute atomic E-state index is 0.597. The van der Waals surface area contributed by atoms with Gasteiger partial charge in [0, 0.05) is 36.8 Å². The first-order chi connectivity index (χ1) is 7.22. The van der Waals surface area contributed by atoms with E-state index in [0.29, 0.717) is 18.0 Å². The lowest BCUT2D eigenvalue weighted by Gasteiger charge is -2.19. The molecule has 0 amide bonds. The van der Waals surface area contributed by atoms with Crippen LogP contribution in [0.25, 0.3) is 0 Å². The van der Waals surface area contributed by atoms with Crippen LogP contribution in [-0.2, 0) is 13.0 Å². The predicted molar refractivity (Wildman–Crippen MR) is 59.7 cm³/mol. The highest BCUT2D eigenvalue weighted by Crippen LogP contribution is 2.35. The van der Waals surface area contributed by atoms with Crippen molar-refractivity contribution in [3.05, 3.63) is 17.5 Å². The molecule has 82 valence electrons. The number of rotatable bonds is 2. The van der Waals surface area contributed by atoms with Crippen LogP contribution in [0.15, 0.2) is 6.20 Å². The molecule has 0 saturated carbocycles. The average molecular weight is 205 g/mol. The van der Waals surface area contributed by atoms with Gasteiger partial charge >= 0.3 is 0 Å². The van der Waals surface area contributed by atoms with Crippen LogP contribution in [0, 0.1) is 5.92 Å². The zero-order valence-corrected chi connectivity index (χ0v) is 9.53. The Morgan fingerprint density at radius 2 is 2.40 bits per heavy atom. The van der Waals surface area contributed by atoms with Crippen molar-refractivity contribution >= 4 is 0 Å². The first kappa shape index (κ1) is 9.40. The highest BCUT2D eigenvalue weighted by Gasteiger charge is 2.34. The fourth-order valence-electron chi connectivity index (χ4n) is 2.85. The molecular weight excluding hydrogens is 186 g/mol. The summed E-state index contributed by atoms with van der Waals surface area (Å²) in [6.45, 7) is 5.53. The zero-order chi connectivity index (χ0) is 10.4. The number of hydrogen-bond donors (Lipinski definition) is 1. The summed E-state index contributed by atoms with van der Waals surface area (Å²) in [7, 11) is 0. The molecule has 3 heteroatoms. The van der Waals surface area contributed by atoms with E-state index in [9.17, 15) is 0 Å². The Morgan fingerprint density at radius 3 is 3.20 bits per heavy atom. The second-order valence-corrected chi connectivity index (χ2v) is 5.34. The van der Waals surface area contributed by atoms with E-state index >= 15 is 0 Å². The van der Waals surface area contributed by atoms with E-state index in [0.717, 1.165) is 13.0 Å². The van der Waals surface area contributed by atoms with Crippen molar-refractivity contribution in [2.75, 3.05) is 0 Å². The highest BCUT2D eigenvalue weighted by molar-refractivity contribution is 5.27. The van der Waals surface area contributed by atoms with Crippen LogP contribution in [0.4, 0.5) is 0 Å². The molecule has 1 saturated heterocycles. The van der Waals surface area contributed by atoms with Crippen LogP contribution in [0.5, 0.6) is 0 Å². The van der Waals surface area contributed by atoms with E-state index in [1.165, 1.54) is 24.1 Å². The van der Waals surface area contributed by atoms with E-state index in [2.05, 4.69) is 30.0 Å². The second-order valence-electron chi connectivity index (χ2n) is 5.34. The van der Waals surface area contributed by atoms with E-state index < -0.39 is 0 Å². The summed E-state index contributed by atoms with van der Waals surface area (Å²) in [4.78, 5) is 0. The maximum absolute atomic E-state index is 4.71. The molecule has 1 fully saturated rings. The van der Waals surface area contributed by atoms with Crippen molar-refractivity contribution in [3.63, 3.8) is 0 Å². The molecule has 0 aliphatic carbocycles. The lowest BCUT2D eigenvalue weighted by molar-refractivity contribution is 0.475. The van der Waals surface area contributed by atoms with Gasteiger partial charge in [-0.25, -0.2) is 0 Å². The SMILES string of the molecule is CC(C)Cn1cc2c(n1)C[C@@H]1CC[C@@H]2N1. The van der Waals surface area contributed by atoms with E-state index in [1.807, 2.05) is 0 Å². The average Bonchev–Trinajstić information content (AvgIpc) is 2.71. The predicted octanol–water partition coefficient (Wildman–Crippen LogP) is 1.89. The molecule has 15 heavy (non-hydrogen) atoms. The molecular formula is C12H19N3. The summed E-state index contributed by atoms with van der Waals surface area (Å²) in [6, 6.07) is 1.30. The standard InChI is InChI=1S/C12H19N3/c1-8(2)6-15-7-10-11-4-3-9(13-11)5-12(10)14-15/h7-9,11,13H,3-6H2,1-2H3/t9-,11-/m0/s1. The molecule has 2 bridgehead atoms. The number of hydrogen-bond acceptors (Lipinski definition) is 2. The van der Waals surface area contributed by atoms with Gasteiger partial charge in [-0.3, -0.25) is 4.68 Å². The fourth-order valence-corrected chi connectivity index (χ4v) is 2.85. The van der Waals surface area contributed by atoms with E-state index in [4.69, 9.17) is 5.10 Å². The Balaban J connectivity index is 1.89. The molecule has 2 atom stereocenters. The van der Waals surface area contributed by atoms with Gasteiger partial charge in [-0.1, -0.05) is 13.8 Å². The quantitative estimate of drug-likeness (QED) is 0.799. The van der Waals surface area contributed by atoms with Crippen LogP contribution >= 0.6 is 0 Å². The van der Waals surface area contributed by atoms with E-state index in [1.54, 1.807) is 0 Å². The van der Waals surface area contributed by atoms with Crippen LogP contribution in [-0.4, -0.2) is 15.8 Å². The normalized spacial score (nSPS) is 28.5. The van der Waals surface area contributed by atoms with Gasteiger partial charge in [-0.2, -0.15) is 5.10 Å². The maximum Gasteiger partial charge on any atom is 0.0687 e. The summed E-state index contributed by atoms with van der Waals surface area (Å²) >= 11 is 0. The largest absolute Gasteiger partial charge is 0.307 e. The molecule has 3 nitrogen and oxygen atoms in total. The molecule has 0 radical (unpaired) electrons. The molecule has 1 aromatic heterocycles. The molecule has 2 aliphatic heterocycles. The van der Waals surface area contributed by atoms with Crippen molar-refractivity contribution in [3.8, 4) is 0 Å². The second kappa shape index (κ2) is 3.34. The molecule has 0 spiro atoms. The molecule has 0 aromatic carbocycles. The third-order valence-corrected chi connectivity index (χ3v) is 3.48. The number of aromatic nitrogens is 2. The van der Waals surface area contributed by atoms with Crippen molar-refractivity contribution in [1.29, 1.82) is 0 Å². The zero-order valence-electron chi connectivity index (χ0n) is 9.53. The van der Waals surface area contributed by atoms with Gasteiger partial charge in [-0.15, -0.1) is 0 Å². The number of nitrogens with one attached hydrogen (secondary N) is 1. The first-order valence-corrected chi connectivity index (χ1v) is 6.04. The van der Waals surface area contributed by atoms with E-state index in [-0.39, 0.29) is 0 Å². The summed E-state index contributed by atoms with van der Waals surface area (Å²) in [5.41, 5.74) is 2.81. The summed E-state index contributed by atoms with van der Waals surface area (Å²) in [6.07, 6.45) is 6.02. The number of nitrogens with zero attached hydrogens (tertiary/aromatic N) is 2. The summed E-state index contributed by atoms with van der Waals surface area (Å²) in [5.74, 6) is 0.677. The Kier molecular flexibility index (Phi) is 2.09. The van der Waals surface area contributed by atoms with Crippen molar-refractivity contribution in [2.45, 2.75) is 51.7 Å². The van der Waals surface area contributed by atoms with Crippen LogP contribution < -0.4 is 5.32 Å². The molecule has 1 N–H and O–H groups in total. The van der Waals surface area contributed by atoms with Crippen LogP contribution in [0.2, 0.25) is 0 Å². The Labute approximate surface area is 90.9 Å². The van der Waals surface area contributed by atoms with Crippen LogP contribution in [0.3, 0.4) is 0 Å². The van der Waals surface area contributed by atoms with Gasteiger partial charge in [-0.05, 0) is 18.8 Å². The maximum atomic E-state index is 4.71. The van der Waals surface area contributed by atoms with Gasteiger partial charge in [0.15, 0.2) is 0 Å².